The number of hydrogen-bond acceptors (Lipinski definition) is 5. The number of ether oxygens (including phenoxy) is 1. The van der Waals surface area contributed by atoms with Gasteiger partial charge in [0.05, 0.1) is 17.7 Å². The molecule has 2 aromatic rings. The van der Waals surface area contributed by atoms with Gasteiger partial charge < -0.3 is 9.84 Å². The quantitative estimate of drug-likeness (QED) is 0.834. The third-order valence-electron chi connectivity index (χ3n) is 2.76. The maximum atomic E-state index is 12.3. The summed E-state index contributed by atoms with van der Waals surface area (Å²) in [6.07, 6.45) is 0. The number of benzene rings is 2. The van der Waals surface area contributed by atoms with Gasteiger partial charge in [-0.25, -0.2) is 13.2 Å². The second-order valence-electron chi connectivity index (χ2n) is 4.29. The summed E-state index contributed by atoms with van der Waals surface area (Å²) in [5, 5.41) is 9.97. The van der Waals surface area contributed by atoms with Crippen LogP contribution >= 0.6 is 11.6 Å². The first-order chi connectivity index (χ1) is 10.3. The number of methoxy groups -OCH3 is 1. The molecule has 0 fully saturated rings. The zero-order valence-corrected chi connectivity index (χ0v) is 13.0. The largest absolute Gasteiger partial charge is 0.507 e. The SMILES string of the molecule is COC(=O)c1cc(S(=O)(=O)Nc2cccc(Cl)c2)ccc1O. The molecule has 0 heterocycles. The van der Waals surface area contributed by atoms with Crippen LogP contribution in [0.5, 0.6) is 5.75 Å². The van der Waals surface area contributed by atoms with Crippen LogP contribution in [-0.2, 0) is 14.8 Å². The van der Waals surface area contributed by atoms with E-state index in [2.05, 4.69) is 9.46 Å². The van der Waals surface area contributed by atoms with Gasteiger partial charge in [0.25, 0.3) is 10.0 Å². The van der Waals surface area contributed by atoms with Crippen LogP contribution in [0.2, 0.25) is 5.02 Å². The highest BCUT2D eigenvalue weighted by atomic mass is 35.5. The maximum absolute atomic E-state index is 12.3. The molecule has 0 bridgehead atoms. The average molecular weight is 342 g/mol. The first-order valence-corrected chi connectivity index (χ1v) is 7.89. The molecule has 0 radical (unpaired) electrons. The Bertz CT molecular complexity index is 820. The Kier molecular flexibility index (Phi) is 4.58. The van der Waals surface area contributed by atoms with Crippen molar-refractivity contribution in [3.05, 3.63) is 53.1 Å². The Hall–Kier alpha value is -2.25. The van der Waals surface area contributed by atoms with Crippen molar-refractivity contribution in [2.75, 3.05) is 11.8 Å². The topological polar surface area (TPSA) is 92.7 Å². The summed E-state index contributed by atoms with van der Waals surface area (Å²) in [5.41, 5.74) is 0.0386. The summed E-state index contributed by atoms with van der Waals surface area (Å²) in [6, 6.07) is 9.50. The standard InChI is InChI=1S/C14H12ClNO5S/c1-21-14(18)12-8-11(5-6-13(12)17)22(19,20)16-10-4-2-3-9(15)7-10/h2-8,16-17H,1H3. The predicted molar refractivity (Wildman–Crippen MR) is 81.7 cm³/mol. The molecule has 0 saturated carbocycles. The molecule has 0 aliphatic rings. The minimum atomic E-state index is -3.94. The molecule has 0 amide bonds. The Morgan fingerprint density at radius 2 is 1.95 bits per heavy atom. The van der Waals surface area contributed by atoms with Crippen LogP contribution in [0.1, 0.15) is 10.4 Å². The van der Waals surface area contributed by atoms with Crippen molar-refractivity contribution in [2.24, 2.45) is 0 Å². The molecule has 6 nitrogen and oxygen atoms in total. The highest BCUT2D eigenvalue weighted by Gasteiger charge is 2.19. The Morgan fingerprint density at radius 3 is 2.59 bits per heavy atom. The first-order valence-electron chi connectivity index (χ1n) is 6.03. The number of phenols is 1. The van der Waals surface area contributed by atoms with E-state index in [1.807, 2.05) is 0 Å². The van der Waals surface area contributed by atoms with Crippen molar-refractivity contribution in [1.29, 1.82) is 0 Å². The summed E-state index contributed by atoms with van der Waals surface area (Å²) in [5.74, 6) is -1.20. The number of phenolic OH excluding ortho intramolecular Hbond substituents is 1. The number of aromatic hydroxyl groups is 1. The lowest BCUT2D eigenvalue weighted by atomic mass is 10.2. The summed E-state index contributed by atoms with van der Waals surface area (Å²) in [7, 11) is -2.81. The first kappa shape index (κ1) is 16.1. The average Bonchev–Trinajstić information content (AvgIpc) is 2.46. The van der Waals surface area contributed by atoms with Gasteiger partial charge in [0.1, 0.15) is 11.3 Å². The van der Waals surface area contributed by atoms with E-state index < -0.39 is 16.0 Å². The Morgan fingerprint density at radius 1 is 1.23 bits per heavy atom. The van der Waals surface area contributed by atoms with Crippen molar-refractivity contribution in [3.63, 3.8) is 0 Å². The van der Waals surface area contributed by atoms with E-state index in [4.69, 9.17) is 11.6 Å². The molecule has 0 spiro atoms. The molecule has 2 N–H and O–H groups in total. The number of hydrogen-bond donors (Lipinski definition) is 2. The van der Waals surface area contributed by atoms with Crippen LogP contribution in [0.3, 0.4) is 0 Å². The second kappa shape index (κ2) is 6.25. The zero-order chi connectivity index (χ0) is 16.3. The van der Waals surface area contributed by atoms with Gasteiger partial charge in [-0.15, -0.1) is 0 Å². The van der Waals surface area contributed by atoms with Gasteiger partial charge in [-0.2, -0.15) is 0 Å². The van der Waals surface area contributed by atoms with E-state index in [9.17, 15) is 18.3 Å². The lowest BCUT2D eigenvalue weighted by Gasteiger charge is -2.10. The summed E-state index contributed by atoms with van der Waals surface area (Å²) in [6.45, 7) is 0. The lowest BCUT2D eigenvalue weighted by Crippen LogP contribution is -2.14. The molecule has 0 aliphatic carbocycles. The molecule has 0 unspecified atom stereocenters. The smallest absolute Gasteiger partial charge is 0.341 e. The number of anilines is 1. The monoisotopic (exact) mass is 341 g/mol. The van der Waals surface area contributed by atoms with Gasteiger partial charge >= 0.3 is 5.97 Å². The van der Waals surface area contributed by atoms with Crippen molar-refractivity contribution in [2.45, 2.75) is 4.90 Å². The van der Waals surface area contributed by atoms with Crippen molar-refractivity contribution >= 4 is 33.3 Å². The number of rotatable bonds is 4. The lowest BCUT2D eigenvalue weighted by molar-refractivity contribution is 0.0597. The van der Waals surface area contributed by atoms with E-state index >= 15 is 0 Å². The van der Waals surface area contributed by atoms with Crippen LogP contribution < -0.4 is 4.72 Å². The number of esters is 1. The van der Waals surface area contributed by atoms with E-state index in [1.54, 1.807) is 12.1 Å². The fourth-order valence-electron chi connectivity index (χ4n) is 1.72. The van der Waals surface area contributed by atoms with E-state index in [1.165, 1.54) is 18.2 Å². The van der Waals surface area contributed by atoms with Gasteiger partial charge in [0.2, 0.25) is 0 Å². The Labute approximate surface area is 132 Å². The minimum Gasteiger partial charge on any atom is -0.507 e. The number of carbonyl (C=O) groups is 1. The molecule has 116 valence electrons. The third-order valence-corrected chi connectivity index (χ3v) is 4.37. The highest BCUT2D eigenvalue weighted by molar-refractivity contribution is 7.92. The van der Waals surface area contributed by atoms with Crippen LogP contribution in [0.25, 0.3) is 0 Å². The highest BCUT2D eigenvalue weighted by Crippen LogP contribution is 2.24. The van der Waals surface area contributed by atoms with Crippen LogP contribution in [0.15, 0.2) is 47.4 Å². The van der Waals surface area contributed by atoms with Gasteiger partial charge in [-0.1, -0.05) is 17.7 Å². The molecule has 0 aliphatic heterocycles. The number of sulfonamides is 1. The van der Waals surface area contributed by atoms with Crippen LogP contribution in [-0.4, -0.2) is 26.6 Å². The molecule has 2 aromatic carbocycles. The third kappa shape index (κ3) is 3.49. The van der Waals surface area contributed by atoms with Crippen molar-refractivity contribution in [3.8, 4) is 5.75 Å². The summed E-state index contributed by atoms with van der Waals surface area (Å²) >= 11 is 5.80. The van der Waals surface area contributed by atoms with Crippen molar-refractivity contribution < 1.29 is 23.1 Å². The fourth-order valence-corrected chi connectivity index (χ4v) is 2.99. The van der Waals surface area contributed by atoms with Gasteiger partial charge in [-0.05, 0) is 36.4 Å². The van der Waals surface area contributed by atoms with E-state index in [0.29, 0.717) is 5.02 Å². The molecule has 22 heavy (non-hydrogen) atoms. The Balaban J connectivity index is 2.39. The number of halogens is 1. The summed E-state index contributed by atoms with van der Waals surface area (Å²) in [4.78, 5) is 11.3. The second-order valence-corrected chi connectivity index (χ2v) is 6.41. The molecule has 2 rings (SSSR count). The van der Waals surface area contributed by atoms with Gasteiger partial charge in [-0.3, -0.25) is 4.72 Å². The fraction of sp³-hybridized carbons (Fsp3) is 0.0714. The van der Waals surface area contributed by atoms with Gasteiger partial charge in [0.15, 0.2) is 0 Å². The molecule has 0 atom stereocenters. The molecular formula is C14H12ClNO5S. The maximum Gasteiger partial charge on any atom is 0.341 e. The minimum absolute atomic E-state index is 0.189. The number of nitrogens with one attached hydrogen (secondary N) is 1. The normalized spacial score (nSPS) is 11.0. The molecule has 0 aromatic heterocycles. The van der Waals surface area contributed by atoms with Crippen LogP contribution in [0.4, 0.5) is 5.69 Å². The molecule has 8 heteroatoms. The van der Waals surface area contributed by atoms with Crippen molar-refractivity contribution in [1.82, 2.24) is 0 Å². The van der Waals surface area contributed by atoms with Gasteiger partial charge in [0, 0.05) is 5.02 Å². The number of carbonyl (C=O) groups excluding carboxylic acids is 1. The summed E-state index contributed by atoms with van der Waals surface area (Å²) < 4.78 is 31.4. The van der Waals surface area contributed by atoms with E-state index in [0.717, 1.165) is 19.2 Å². The zero-order valence-electron chi connectivity index (χ0n) is 11.4. The predicted octanol–water partition coefficient (Wildman–Crippen LogP) is 2.63. The molecular weight excluding hydrogens is 330 g/mol. The van der Waals surface area contributed by atoms with Crippen LogP contribution in [0, 0.1) is 0 Å². The van der Waals surface area contributed by atoms with E-state index in [-0.39, 0.29) is 21.9 Å². The molecule has 0 saturated heterocycles.